The number of aryl methyl sites for hydroxylation is 2. The van der Waals surface area contributed by atoms with Gasteiger partial charge in [-0.2, -0.15) is 4.31 Å². The van der Waals surface area contributed by atoms with Gasteiger partial charge in [-0.1, -0.05) is 29.8 Å². The fraction of sp³-hybridized carbons (Fsp3) is 0.381. The molecule has 0 aromatic heterocycles. The maximum Gasteiger partial charge on any atom is 0.243 e. The van der Waals surface area contributed by atoms with Crippen LogP contribution in [-0.4, -0.2) is 38.3 Å². The summed E-state index contributed by atoms with van der Waals surface area (Å²) in [6.07, 6.45) is 1.12. The van der Waals surface area contributed by atoms with Gasteiger partial charge in [0.2, 0.25) is 15.9 Å². The average Bonchev–Trinajstić information content (AvgIpc) is 3.19. The monoisotopic (exact) mass is 384 g/mol. The summed E-state index contributed by atoms with van der Waals surface area (Å²) in [7, 11) is -3.52. The third kappa shape index (κ3) is 3.28. The molecule has 2 aromatic rings. The molecule has 1 spiro atoms. The molecule has 2 aliphatic rings. The molecule has 0 radical (unpaired) electrons. The van der Waals surface area contributed by atoms with E-state index in [0.29, 0.717) is 37.4 Å². The minimum absolute atomic E-state index is 0.0789. The summed E-state index contributed by atoms with van der Waals surface area (Å²) < 4.78 is 27.5. The third-order valence-corrected chi connectivity index (χ3v) is 7.56. The van der Waals surface area contributed by atoms with Crippen LogP contribution >= 0.6 is 0 Å². The van der Waals surface area contributed by atoms with Crippen molar-refractivity contribution in [2.45, 2.75) is 31.6 Å². The topological polar surface area (TPSA) is 57.7 Å². The van der Waals surface area contributed by atoms with Gasteiger partial charge in [0.15, 0.2) is 0 Å². The smallest absolute Gasteiger partial charge is 0.243 e. The molecule has 4 rings (SSSR count). The lowest BCUT2D eigenvalue weighted by molar-refractivity contribution is -0.117. The molecule has 5 nitrogen and oxygen atoms in total. The number of carbonyl (C=O) groups is 1. The molecule has 2 fully saturated rings. The fourth-order valence-electron chi connectivity index (χ4n) is 4.16. The normalized spacial score (nSPS) is 23.5. The molecular weight excluding hydrogens is 360 g/mol. The van der Waals surface area contributed by atoms with Crippen LogP contribution in [0.15, 0.2) is 53.4 Å². The highest BCUT2D eigenvalue weighted by molar-refractivity contribution is 7.89. The molecular formula is C21H24N2O3S. The van der Waals surface area contributed by atoms with E-state index in [1.54, 1.807) is 16.4 Å². The summed E-state index contributed by atoms with van der Waals surface area (Å²) in [5, 5.41) is 0. The Morgan fingerprint density at radius 1 is 0.963 bits per heavy atom. The fourth-order valence-corrected chi connectivity index (χ4v) is 5.71. The molecule has 27 heavy (non-hydrogen) atoms. The van der Waals surface area contributed by atoms with Crippen molar-refractivity contribution >= 4 is 21.6 Å². The van der Waals surface area contributed by atoms with E-state index in [0.717, 1.165) is 16.8 Å². The van der Waals surface area contributed by atoms with E-state index in [1.807, 2.05) is 55.1 Å². The van der Waals surface area contributed by atoms with Crippen molar-refractivity contribution in [3.05, 3.63) is 59.7 Å². The second-order valence-electron chi connectivity index (χ2n) is 7.90. The van der Waals surface area contributed by atoms with Crippen molar-refractivity contribution in [3.63, 3.8) is 0 Å². The van der Waals surface area contributed by atoms with Gasteiger partial charge < -0.3 is 4.90 Å². The lowest BCUT2D eigenvalue weighted by Crippen LogP contribution is -2.34. The van der Waals surface area contributed by atoms with Crippen LogP contribution < -0.4 is 4.90 Å². The van der Waals surface area contributed by atoms with E-state index >= 15 is 0 Å². The van der Waals surface area contributed by atoms with Crippen molar-refractivity contribution in [3.8, 4) is 0 Å². The summed E-state index contributed by atoms with van der Waals surface area (Å²) >= 11 is 0. The highest BCUT2D eigenvalue weighted by Crippen LogP contribution is 2.43. The minimum atomic E-state index is -3.52. The number of rotatable bonds is 3. The number of amides is 1. The van der Waals surface area contributed by atoms with Crippen molar-refractivity contribution in [2.75, 3.05) is 24.5 Å². The van der Waals surface area contributed by atoms with Crippen LogP contribution in [-0.2, 0) is 14.8 Å². The maximum absolute atomic E-state index is 13.0. The first-order valence-corrected chi connectivity index (χ1v) is 10.7. The first kappa shape index (κ1) is 18.2. The van der Waals surface area contributed by atoms with E-state index in [4.69, 9.17) is 0 Å². The quantitative estimate of drug-likeness (QED) is 0.817. The SMILES string of the molecule is Cc1ccc(S(=O)(=O)N2CCC3(CC(=O)N(c4cccc(C)c4)C3)C2)cc1. The Bertz CT molecular complexity index is 985. The summed E-state index contributed by atoms with van der Waals surface area (Å²) in [6.45, 7) is 5.38. The zero-order valence-corrected chi connectivity index (χ0v) is 16.5. The third-order valence-electron chi connectivity index (χ3n) is 5.70. The number of nitrogens with zero attached hydrogens (tertiary/aromatic N) is 2. The van der Waals surface area contributed by atoms with Gasteiger partial charge in [0, 0.05) is 37.2 Å². The van der Waals surface area contributed by atoms with Crippen LogP contribution in [0.3, 0.4) is 0 Å². The van der Waals surface area contributed by atoms with Crippen molar-refractivity contribution in [1.29, 1.82) is 0 Å². The Kier molecular flexibility index (Phi) is 4.35. The molecule has 0 aliphatic carbocycles. The van der Waals surface area contributed by atoms with Crippen LogP contribution in [0, 0.1) is 19.3 Å². The molecule has 0 bridgehead atoms. The second-order valence-corrected chi connectivity index (χ2v) is 9.84. The van der Waals surface area contributed by atoms with Gasteiger partial charge in [-0.15, -0.1) is 0 Å². The predicted molar refractivity (Wildman–Crippen MR) is 105 cm³/mol. The molecule has 2 saturated heterocycles. The Hall–Kier alpha value is -2.18. The molecule has 2 aliphatic heterocycles. The number of hydrogen-bond acceptors (Lipinski definition) is 3. The van der Waals surface area contributed by atoms with Gasteiger partial charge >= 0.3 is 0 Å². The van der Waals surface area contributed by atoms with E-state index in [9.17, 15) is 13.2 Å². The molecule has 142 valence electrons. The van der Waals surface area contributed by atoms with Crippen molar-refractivity contribution in [2.24, 2.45) is 5.41 Å². The van der Waals surface area contributed by atoms with E-state index < -0.39 is 10.0 Å². The van der Waals surface area contributed by atoms with Gasteiger partial charge in [-0.3, -0.25) is 4.79 Å². The number of anilines is 1. The van der Waals surface area contributed by atoms with Crippen LogP contribution in [0.4, 0.5) is 5.69 Å². The second kappa shape index (κ2) is 6.46. The van der Waals surface area contributed by atoms with Crippen molar-refractivity contribution in [1.82, 2.24) is 4.31 Å². The molecule has 1 amide bonds. The summed E-state index contributed by atoms with van der Waals surface area (Å²) in [6, 6.07) is 14.9. The van der Waals surface area contributed by atoms with Gasteiger partial charge in [-0.05, 0) is 50.1 Å². The summed E-state index contributed by atoms with van der Waals surface area (Å²) in [4.78, 5) is 14.8. The van der Waals surface area contributed by atoms with Crippen LogP contribution in [0.25, 0.3) is 0 Å². The van der Waals surface area contributed by atoms with E-state index in [-0.39, 0.29) is 11.3 Å². The zero-order valence-electron chi connectivity index (χ0n) is 15.7. The lowest BCUT2D eigenvalue weighted by Gasteiger charge is -2.24. The molecule has 1 unspecified atom stereocenters. The van der Waals surface area contributed by atoms with Crippen LogP contribution in [0.5, 0.6) is 0 Å². The Balaban J connectivity index is 1.55. The van der Waals surface area contributed by atoms with Gasteiger partial charge in [-0.25, -0.2) is 8.42 Å². The maximum atomic E-state index is 13.0. The standard InChI is InChI=1S/C21H24N2O3S/c1-16-6-8-19(9-7-16)27(25,26)22-11-10-21(14-22)13-20(24)23(15-21)18-5-3-4-17(2)12-18/h3-9,12H,10-11,13-15H2,1-2H3. The molecule has 2 aromatic carbocycles. The average molecular weight is 385 g/mol. The highest BCUT2D eigenvalue weighted by atomic mass is 32.2. The molecule has 1 atom stereocenters. The van der Waals surface area contributed by atoms with Gasteiger partial charge in [0.1, 0.15) is 0 Å². The largest absolute Gasteiger partial charge is 0.312 e. The molecule has 0 N–H and O–H groups in total. The number of hydrogen-bond donors (Lipinski definition) is 0. The number of benzene rings is 2. The Morgan fingerprint density at radius 2 is 1.70 bits per heavy atom. The molecule has 6 heteroatoms. The van der Waals surface area contributed by atoms with Crippen LogP contribution in [0.1, 0.15) is 24.0 Å². The Labute approximate surface area is 160 Å². The molecule has 0 saturated carbocycles. The number of carbonyl (C=O) groups excluding carboxylic acids is 1. The van der Waals surface area contributed by atoms with Crippen LogP contribution in [0.2, 0.25) is 0 Å². The van der Waals surface area contributed by atoms with Crippen molar-refractivity contribution < 1.29 is 13.2 Å². The first-order valence-electron chi connectivity index (χ1n) is 9.23. The summed E-state index contributed by atoms with van der Waals surface area (Å²) in [5.41, 5.74) is 2.74. The van der Waals surface area contributed by atoms with Gasteiger partial charge in [0.25, 0.3) is 0 Å². The number of sulfonamides is 1. The Morgan fingerprint density at radius 3 is 2.41 bits per heavy atom. The lowest BCUT2D eigenvalue weighted by atomic mass is 9.86. The summed E-state index contributed by atoms with van der Waals surface area (Å²) in [5.74, 6) is 0.0789. The minimum Gasteiger partial charge on any atom is -0.312 e. The zero-order chi connectivity index (χ0) is 19.2. The van der Waals surface area contributed by atoms with E-state index in [2.05, 4.69) is 0 Å². The molecule has 2 heterocycles. The van der Waals surface area contributed by atoms with E-state index in [1.165, 1.54) is 0 Å². The van der Waals surface area contributed by atoms with Gasteiger partial charge in [0.05, 0.1) is 4.90 Å². The highest BCUT2D eigenvalue weighted by Gasteiger charge is 2.50. The predicted octanol–water partition coefficient (Wildman–Crippen LogP) is 3.12. The first-order chi connectivity index (χ1) is 12.8.